The Morgan fingerprint density at radius 2 is 0.291 bits per heavy atom. The summed E-state index contributed by atoms with van der Waals surface area (Å²) in [5.74, 6) is 4.36. The largest absolute Gasteiger partial charge is 0.311 e. The molecule has 4 heterocycles. The SMILES string of the molecule is CC(C)c1ccc(N(c2ccc(C(C)C)cc2)c2ccc3c(c2)N(c2ccc(C(C)C)cc2)c2cccc4c2B3c2ccc(N(c3ccc(C(C)C)cc3)c3ccc(C(C)C)cc3)cc2N4c2ccc(C(C)C)cc2)cc1.CC(C)c1ccc(N(c2ccc(C(C)C)cc2)c2ccc3c(c2)N(c2ccccc2)c2cccc4c2B3c2ccc(N(c3ccc(C(C)C)cc3)c3ccc(C(C)C)cc3)cc2N4c2ccccc2)cc1. The van der Waals surface area contributed by atoms with Crippen LogP contribution in [0, 0.1) is 0 Å². The van der Waals surface area contributed by atoms with Crippen molar-refractivity contribution in [3.63, 3.8) is 0 Å². The maximum atomic E-state index is 2.54. The molecule has 4 aliphatic rings. The van der Waals surface area contributed by atoms with Gasteiger partial charge in [0.1, 0.15) is 0 Å². The maximum absolute atomic E-state index is 2.54. The molecule has 0 spiro atoms. The zero-order valence-electron chi connectivity index (χ0n) is 89.8. The minimum Gasteiger partial charge on any atom is -0.311 e. The number of anilines is 24. The number of nitrogens with zero attached hydrogens (tertiary/aromatic N) is 8. The van der Waals surface area contributed by atoms with Gasteiger partial charge in [-0.15, -0.1) is 0 Å². The lowest BCUT2D eigenvalue weighted by Gasteiger charge is -2.44. The number of rotatable bonds is 26. The van der Waals surface area contributed by atoms with Crippen molar-refractivity contribution in [1.29, 1.82) is 0 Å². The van der Waals surface area contributed by atoms with Crippen molar-refractivity contribution < 1.29 is 0 Å². The Hall–Kier alpha value is -15.5. The fourth-order valence-corrected chi connectivity index (χ4v) is 22.5. The average molecular weight is 1930 g/mol. The second kappa shape index (κ2) is 41.4. The molecule has 0 radical (unpaired) electrons. The molecule has 18 aromatic rings. The van der Waals surface area contributed by atoms with Crippen LogP contribution in [0.1, 0.15) is 253 Å². The number of hydrogen-bond acceptors (Lipinski definition) is 8. The van der Waals surface area contributed by atoms with E-state index >= 15 is 0 Å². The number of para-hydroxylation sites is 2. The van der Waals surface area contributed by atoms with Gasteiger partial charge < -0.3 is 39.2 Å². The first-order valence-electron chi connectivity index (χ1n) is 54.0. The Kier molecular flexibility index (Phi) is 27.6. The minimum atomic E-state index is -0.0557. The van der Waals surface area contributed by atoms with Crippen LogP contribution in [-0.2, 0) is 0 Å². The number of fused-ring (bicyclic) bond motifs is 8. The van der Waals surface area contributed by atoms with Crippen molar-refractivity contribution in [3.05, 3.63) is 468 Å². The van der Waals surface area contributed by atoms with Crippen LogP contribution in [0.5, 0.6) is 0 Å². The second-order valence-corrected chi connectivity index (χ2v) is 44.1. The highest BCUT2D eigenvalue weighted by Crippen LogP contribution is 2.53. The molecule has 0 atom stereocenters. The van der Waals surface area contributed by atoms with Crippen molar-refractivity contribution in [2.75, 3.05) is 39.2 Å². The van der Waals surface area contributed by atoms with Crippen molar-refractivity contribution in [3.8, 4) is 0 Å². The molecule has 148 heavy (non-hydrogen) atoms. The highest BCUT2D eigenvalue weighted by atomic mass is 15.2. The van der Waals surface area contributed by atoms with Crippen LogP contribution < -0.4 is 72.0 Å². The van der Waals surface area contributed by atoms with Gasteiger partial charge in [-0.3, -0.25) is 0 Å². The van der Waals surface area contributed by atoms with Crippen molar-refractivity contribution in [1.82, 2.24) is 0 Å². The van der Waals surface area contributed by atoms with Gasteiger partial charge in [-0.2, -0.15) is 0 Å². The summed E-state index contributed by atoms with van der Waals surface area (Å²) in [7, 11) is 0. The molecular formula is C138H138B2N8. The summed E-state index contributed by atoms with van der Waals surface area (Å²) in [5, 5.41) is 0. The molecule has 8 nitrogen and oxygen atoms in total. The fourth-order valence-electron chi connectivity index (χ4n) is 22.5. The first kappa shape index (κ1) is 98.5. The van der Waals surface area contributed by atoms with E-state index in [0.717, 1.165) is 91.0 Å². The van der Waals surface area contributed by atoms with E-state index in [2.05, 4.69) is 590 Å². The van der Waals surface area contributed by atoms with Gasteiger partial charge in [0.05, 0.1) is 0 Å². The fraction of sp³-hybridized carbons (Fsp3) is 0.217. The van der Waals surface area contributed by atoms with Gasteiger partial charge >= 0.3 is 0 Å². The van der Waals surface area contributed by atoms with Crippen LogP contribution in [0.4, 0.5) is 136 Å². The van der Waals surface area contributed by atoms with Crippen molar-refractivity contribution in [2.45, 2.75) is 198 Å². The van der Waals surface area contributed by atoms with Gasteiger partial charge in [-0.05, 0) is 366 Å². The molecule has 10 heteroatoms. The molecule has 18 aromatic carbocycles. The summed E-state index contributed by atoms with van der Waals surface area (Å²) in [4.78, 5) is 19.8. The standard InChI is InChI=1S/C72H75BN4.C66H63BN4/c1-46(2)52-16-28-58(29-17-52)74(59-30-18-53(19-31-59)47(3)4)64-40-42-66-70(44-64)76(62-36-24-56(25-37-62)50(9)10)68-14-13-15-69-72(68)73(66)67-43-41-65(45-71(67)77(69)63-38-26-57(27-39-63)51(11)12)75(60-32-20-54(21-33-60)48(5)6)61-34-22-55(23-35-61)49(7)8;1-44(2)48-22-30-54(31-23-48)68(55-32-24-49(25-33-55)45(3)4)58-38-40-60-64(42-58)70(52-16-11-9-12-17-52)62-20-15-21-63-66(62)67(60)61-41-39-59(43-65(61)71(63)53-18-13-10-14-19-53)69(56-34-26-50(27-35-56)46(5)6)57-36-28-51(29-37-57)47(7)8/h13-51H,1-12H3;9-47H,1-8H3. The van der Waals surface area contributed by atoms with Crippen LogP contribution in [0.15, 0.2) is 413 Å². The van der Waals surface area contributed by atoms with Crippen LogP contribution in [0.2, 0.25) is 0 Å². The normalized spacial score (nSPS) is 12.7. The molecule has 0 bridgehead atoms. The van der Waals surface area contributed by atoms with E-state index in [1.165, 1.54) is 134 Å². The Bertz CT molecular complexity index is 7090. The molecule has 0 unspecified atom stereocenters. The molecule has 0 fully saturated rings. The summed E-state index contributed by atoms with van der Waals surface area (Å²) in [5.41, 5.74) is 48.5. The average Bonchev–Trinajstić information content (AvgIpc) is 0.702. The number of benzene rings is 18. The van der Waals surface area contributed by atoms with Gasteiger partial charge in [-0.25, -0.2) is 0 Å². The quantitative estimate of drug-likeness (QED) is 0.0495. The van der Waals surface area contributed by atoms with E-state index in [4.69, 9.17) is 0 Å². The molecule has 0 aromatic heterocycles. The van der Waals surface area contributed by atoms with Crippen molar-refractivity contribution in [2.24, 2.45) is 0 Å². The van der Waals surface area contributed by atoms with Gasteiger partial charge in [-0.1, -0.05) is 333 Å². The molecule has 0 saturated heterocycles. The van der Waals surface area contributed by atoms with E-state index in [-0.39, 0.29) is 13.4 Å². The predicted molar refractivity (Wildman–Crippen MR) is 641 cm³/mol. The first-order chi connectivity index (χ1) is 71.7. The maximum Gasteiger partial charge on any atom is 0.252 e. The Labute approximate surface area is 881 Å². The summed E-state index contributed by atoms with van der Waals surface area (Å²) in [6.07, 6.45) is 0. The van der Waals surface area contributed by atoms with E-state index in [1.807, 2.05) is 0 Å². The highest BCUT2D eigenvalue weighted by Gasteiger charge is 2.47. The van der Waals surface area contributed by atoms with E-state index < -0.39 is 0 Å². The molecule has 736 valence electrons. The lowest BCUT2D eigenvalue weighted by Crippen LogP contribution is -2.61. The third-order valence-corrected chi connectivity index (χ3v) is 31.2. The molecule has 0 N–H and O–H groups in total. The molecule has 0 amide bonds. The van der Waals surface area contributed by atoms with E-state index in [9.17, 15) is 0 Å². The van der Waals surface area contributed by atoms with Gasteiger partial charge in [0.2, 0.25) is 0 Å². The Morgan fingerprint density at radius 1 is 0.142 bits per heavy atom. The topological polar surface area (TPSA) is 25.9 Å². The summed E-state index contributed by atoms with van der Waals surface area (Å²) >= 11 is 0. The zero-order valence-corrected chi connectivity index (χ0v) is 89.8. The highest BCUT2D eigenvalue weighted by molar-refractivity contribution is 7.01. The first-order valence-corrected chi connectivity index (χ1v) is 54.0. The van der Waals surface area contributed by atoms with Gasteiger partial charge in [0, 0.05) is 136 Å². The minimum absolute atomic E-state index is 0.0394. The summed E-state index contributed by atoms with van der Waals surface area (Å²) in [6.45, 7) is 45.3. The predicted octanol–water partition coefficient (Wildman–Crippen LogP) is 36.7. The Morgan fingerprint density at radius 3 is 0.453 bits per heavy atom. The smallest absolute Gasteiger partial charge is 0.252 e. The second-order valence-electron chi connectivity index (χ2n) is 44.1. The van der Waals surface area contributed by atoms with Crippen LogP contribution >= 0.6 is 0 Å². The Balaban J connectivity index is 0.000000174. The molecule has 22 rings (SSSR count). The van der Waals surface area contributed by atoms with E-state index in [1.54, 1.807) is 0 Å². The van der Waals surface area contributed by atoms with Gasteiger partial charge in [0.25, 0.3) is 13.4 Å². The van der Waals surface area contributed by atoms with Crippen molar-refractivity contribution >= 4 is 183 Å². The summed E-state index contributed by atoms with van der Waals surface area (Å²) in [6, 6.07) is 157. The number of hydrogen-bond donors (Lipinski definition) is 0. The molecular weight excluding hydrogens is 1790 g/mol. The van der Waals surface area contributed by atoms with Crippen LogP contribution in [0.3, 0.4) is 0 Å². The zero-order chi connectivity index (χ0) is 103. The van der Waals surface area contributed by atoms with Crippen LogP contribution in [-0.4, -0.2) is 13.4 Å². The van der Waals surface area contributed by atoms with E-state index in [0.29, 0.717) is 59.2 Å². The molecule has 4 aliphatic heterocycles. The van der Waals surface area contributed by atoms with Crippen LogP contribution in [0.25, 0.3) is 0 Å². The lowest BCUT2D eigenvalue weighted by molar-refractivity contribution is 0.866. The third-order valence-electron chi connectivity index (χ3n) is 31.2. The lowest BCUT2D eigenvalue weighted by atomic mass is 9.33. The third kappa shape index (κ3) is 18.9. The summed E-state index contributed by atoms with van der Waals surface area (Å²) < 4.78 is 0. The molecule has 0 aliphatic carbocycles. The molecule has 0 saturated carbocycles. The van der Waals surface area contributed by atoms with Gasteiger partial charge in [0.15, 0.2) is 0 Å². The monoisotopic (exact) mass is 1930 g/mol.